The van der Waals surface area contributed by atoms with E-state index in [4.69, 9.17) is 0 Å². The van der Waals surface area contributed by atoms with E-state index in [1.165, 1.54) is 0 Å². The Labute approximate surface area is 126 Å². The first-order valence-corrected chi connectivity index (χ1v) is 7.15. The fraction of sp³-hybridized carbons (Fsp3) is 0.600. The highest BCUT2D eigenvalue weighted by atomic mass is 16.3. The molecule has 116 valence electrons. The Hall–Kier alpha value is -1.66. The Morgan fingerprint density at radius 3 is 2.62 bits per heavy atom. The van der Waals surface area contributed by atoms with Crippen LogP contribution in [0.5, 0.6) is 0 Å². The van der Waals surface area contributed by atoms with E-state index in [9.17, 15) is 9.90 Å². The fourth-order valence-electron chi connectivity index (χ4n) is 2.68. The predicted octanol–water partition coefficient (Wildman–Crippen LogP) is 0.285. The summed E-state index contributed by atoms with van der Waals surface area (Å²) in [7, 11) is 7.77. The monoisotopic (exact) mass is 292 g/mol. The summed E-state index contributed by atoms with van der Waals surface area (Å²) in [6.45, 7) is 1.15. The minimum Gasteiger partial charge on any atom is -0.391 e. The Bertz CT molecular complexity index is 487. The van der Waals surface area contributed by atoms with Gasteiger partial charge in [0.05, 0.1) is 11.7 Å². The summed E-state index contributed by atoms with van der Waals surface area (Å²) in [4.78, 5) is 22.6. The molecule has 2 heterocycles. The number of aromatic nitrogens is 1. The van der Waals surface area contributed by atoms with Crippen LogP contribution in [0.15, 0.2) is 18.3 Å². The topological polar surface area (TPSA) is 59.9 Å². The second-order valence-electron chi connectivity index (χ2n) is 6.06. The number of carbonyl (C=O) groups excluding carboxylic acids is 1. The Kier molecular flexibility index (Phi) is 4.80. The van der Waals surface area contributed by atoms with Gasteiger partial charge in [-0.25, -0.2) is 4.98 Å². The number of pyridine rings is 1. The second kappa shape index (κ2) is 6.41. The molecule has 2 unspecified atom stereocenters. The smallest absolute Gasteiger partial charge is 0.255 e. The highest BCUT2D eigenvalue weighted by molar-refractivity contribution is 5.94. The van der Waals surface area contributed by atoms with E-state index in [1.54, 1.807) is 17.2 Å². The number of hydrogen-bond acceptors (Lipinski definition) is 5. The molecule has 0 saturated carbocycles. The van der Waals surface area contributed by atoms with Crippen molar-refractivity contribution < 1.29 is 9.90 Å². The molecule has 1 saturated heterocycles. The summed E-state index contributed by atoms with van der Waals surface area (Å²) >= 11 is 0. The standard InChI is InChI=1S/C15H24N4O2/c1-17(2)9-12-7-13(20)10-19(12)15(21)11-5-6-14(16-8-11)18(3)4/h5-6,8,12-13,20H,7,9-10H2,1-4H3. The molecule has 1 aromatic rings. The molecule has 0 bridgehead atoms. The number of likely N-dealkylation sites (N-methyl/N-ethyl adjacent to an activating group) is 1. The van der Waals surface area contributed by atoms with Crippen molar-refractivity contribution in [3.8, 4) is 0 Å². The van der Waals surface area contributed by atoms with Crippen molar-refractivity contribution in [1.82, 2.24) is 14.8 Å². The number of rotatable bonds is 4. The molecule has 21 heavy (non-hydrogen) atoms. The van der Waals surface area contributed by atoms with Gasteiger partial charge in [0.1, 0.15) is 5.82 Å². The molecule has 6 heteroatoms. The van der Waals surface area contributed by atoms with Gasteiger partial charge in [-0.3, -0.25) is 4.79 Å². The summed E-state index contributed by atoms with van der Waals surface area (Å²) in [6, 6.07) is 3.68. The maximum atomic E-state index is 12.6. The minimum absolute atomic E-state index is 0.0519. The van der Waals surface area contributed by atoms with Gasteiger partial charge in [-0.15, -0.1) is 0 Å². The maximum absolute atomic E-state index is 12.6. The zero-order valence-electron chi connectivity index (χ0n) is 13.2. The second-order valence-corrected chi connectivity index (χ2v) is 6.06. The third-order valence-corrected chi connectivity index (χ3v) is 3.68. The molecule has 1 fully saturated rings. The van der Waals surface area contributed by atoms with Crippen molar-refractivity contribution >= 4 is 11.7 Å². The summed E-state index contributed by atoms with van der Waals surface area (Å²) in [5.74, 6) is 0.758. The first kappa shape index (κ1) is 15.7. The highest BCUT2D eigenvalue weighted by Gasteiger charge is 2.34. The van der Waals surface area contributed by atoms with E-state index in [1.807, 2.05) is 44.1 Å². The van der Waals surface area contributed by atoms with Crippen LogP contribution in [-0.4, -0.2) is 79.2 Å². The van der Waals surface area contributed by atoms with Crippen LogP contribution in [0, 0.1) is 0 Å². The van der Waals surface area contributed by atoms with Gasteiger partial charge in [0.2, 0.25) is 0 Å². The van der Waals surface area contributed by atoms with Gasteiger partial charge in [-0.1, -0.05) is 0 Å². The average molecular weight is 292 g/mol. The molecule has 0 aliphatic carbocycles. The number of aliphatic hydroxyl groups is 1. The van der Waals surface area contributed by atoms with Crippen molar-refractivity contribution in [2.75, 3.05) is 46.2 Å². The summed E-state index contributed by atoms with van der Waals surface area (Å²) in [5.41, 5.74) is 0.568. The summed E-state index contributed by atoms with van der Waals surface area (Å²) in [6.07, 6.45) is 1.80. The molecule has 2 rings (SSSR count). The highest BCUT2D eigenvalue weighted by Crippen LogP contribution is 2.21. The van der Waals surface area contributed by atoms with E-state index >= 15 is 0 Å². The lowest BCUT2D eigenvalue weighted by Crippen LogP contribution is -2.41. The lowest BCUT2D eigenvalue weighted by atomic mass is 10.1. The molecule has 1 aliphatic rings. The van der Waals surface area contributed by atoms with E-state index in [2.05, 4.69) is 4.98 Å². The van der Waals surface area contributed by atoms with E-state index < -0.39 is 6.10 Å². The molecular weight excluding hydrogens is 268 g/mol. The first-order valence-electron chi connectivity index (χ1n) is 7.15. The Morgan fingerprint density at radius 2 is 2.10 bits per heavy atom. The van der Waals surface area contributed by atoms with Gasteiger partial charge in [0.15, 0.2) is 0 Å². The first-order chi connectivity index (χ1) is 9.88. The predicted molar refractivity (Wildman–Crippen MR) is 82.6 cm³/mol. The Morgan fingerprint density at radius 1 is 1.38 bits per heavy atom. The van der Waals surface area contributed by atoms with Gasteiger partial charge in [-0.2, -0.15) is 0 Å². The molecule has 0 radical (unpaired) electrons. The van der Waals surface area contributed by atoms with Crippen LogP contribution in [0.1, 0.15) is 16.8 Å². The number of amides is 1. The number of nitrogens with zero attached hydrogens (tertiary/aromatic N) is 4. The van der Waals surface area contributed by atoms with Crippen LogP contribution in [-0.2, 0) is 0 Å². The molecule has 1 aliphatic heterocycles. The number of anilines is 1. The van der Waals surface area contributed by atoms with Crippen molar-refractivity contribution in [3.05, 3.63) is 23.9 Å². The molecule has 6 nitrogen and oxygen atoms in total. The largest absolute Gasteiger partial charge is 0.391 e. The van der Waals surface area contributed by atoms with Gasteiger partial charge < -0.3 is 19.8 Å². The number of carbonyl (C=O) groups is 1. The van der Waals surface area contributed by atoms with E-state index in [-0.39, 0.29) is 11.9 Å². The van der Waals surface area contributed by atoms with Crippen molar-refractivity contribution in [2.45, 2.75) is 18.6 Å². The minimum atomic E-state index is -0.437. The number of aliphatic hydroxyl groups excluding tert-OH is 1. The van der Waals surface area contributed by atoms with Crippen LogP contribution in [0.2, 0.25) is 0 Å². The number of hydrogen-bond donors (Lipinski definition) is 1. The zero-order valence-corrected chi connectivity index (χ0v) is 13.2. The quantitative estimate of drug-likeness (QED) is 0.864. The molecule has 1 aromatic heterocycles. The summed E-state index contributed by atoms with van der Waals surface area (Å²) in [5, 5.41) is 9.86. The maximum Gasteiger partial charge on any atom is 0.255 e. The van der Waals surface area contributed by atoms with Crippen LogP contribution in [0.4, 0.5) is 5.82 Å². The molecular formula is C15H24N4O2. The lowest BCUT2D eigenvalue weighted by molar-refractivity contribution is 0.0699. The van der Waals surface area contributed by atoms with Crippen LogP contribution in [0.3, 0.4) is 0 Å². The SMILES string of the molecule is CN(C)CC1CC(O)CN1C(=O)c1ccc(N(C)C)nc1. The van der Waals surface area contributed by atoms with Gasteiger partial charge in [0.25, 0.3) is 5.91 Å². The number of likely N-dealkylation sites (tertiary alicyclic amines) is 1. The number of β-amino-alcohol motifs (C(OH)–C–C–N with tert-alkyl or cyclic N) is 1. The van der Waals surface area contributed by atoms with Crippen LogP contribution < -0.4 is 4.90 Å². The third-order valence-electron chi connectivity index (χ3n) is 3.68. The normalized spacial score (nSPS) is 21.9. The van der Waals surface area contributed by atoms with Crippen molar-refractivity contribution in [2.24, 2.45) is 0 Å². The Balaban J connectivity index is 2.13. The van der Waals surface area contributed by atoms with Crippen molar-refractivity contribution in [3.63, 3.8) is 0 Å². The van der Waals surface area contributed by atoms with Gasteiger partial charge >= 0.3 is 0 Å². The zero-order chi connectivity index (χ0) is 15.6. The van der Waals surface area contributed by atoms with Gasteiger partial charge in [-0.05, 0) is 32.6 Å². The van der Waals surface area contributed by atoms with E-state index in [0.29, 0.717) is 18.5 Å². The van der Waals surface area contributed by atoms with Crippen LogP contribution in [0.25, 0.3) is 0 Å². The fourth-order valence-corrected chi connectivity index (χ4v) is 2.68. The lowest BCUT2D eigenvalue weighted by Gasteiger charge is -2.26. The third kappa shape index (κ3) is 3.71. The molecule has 0 spiro atoms. The molecule has 1 N–H and O–H groups in total. The van der Waals surface area contributed by atoms with E-state index in [0.717, 1.165) is 12.4 Å². The molecule has 2 atom stereocenters. The summed E-state index contributed by atoms with van der Waals surface area (Å²) < 4.78 is 0. The molecule has 0 aromatic carbocycles. The van der Waals surface area contributed by atoms with Gasteiger partial charge in [0, 0.05) is 39.4 Å². The van der Waals surface area contributed by atoms with Crippen molar-refractivity contribution in [1.29, 1.82) is 0 Å². The average Bonchev–Trinajstić information content (AvgIpc) is 2.78. The molecule has 1 amide bonds. The van der Waals surface area contributed by atoms with Crippen LogP contribution >= 0.6 is 0 Å².